The number of hydrogen-bond acceptors (Lipinski definition) is 2. The Labute approximate surface area is 86.0 Å². The fourth-order valence-electron chi connectivity index (χ4n) is 1.80. The van der Waals surface area contributed by atoms with E-state index in [-0.39, 0.29) is 10.8 Å². The zero-order valence-electron chi connectivity index (χ0n) is 9.46. The summed E-state index contributed by atoms with van der Waals surface area (Å²) in [5, 5.41) is 10.8. The zero-order valence-corrected chi connectivity index (χ0v) is 9.46. The van der Waals surface area contributed by atoms with Crippen LogP contribution in [0.15, 0.2) is 12.2 Å². The van der Waals surface area contributed by atoms with Gasteiger partial charge in [0.2, 0.25) is 0 Å². The lowest BCUT2D eigenvalue weighted by molar-refractivity contribution is -0.314. The molecule has 0 aromatic carbocycles. The van der Waals surface area contributed by atoms with Gasteiger partial charge in [-0.15, -0.1) is 0 Å². The van der Waals surface area contributed by atoms with Gasteiger partial charge in [0.05, 0.1) is 0 Å². The van der Waals surface area contributed by atoms with Gasteiger partial charge in [0.1, 0.15) is 0 Å². The van der Waals surface area contributed by atoms with Gasteiger partial charge in [-0.1, -0.05) is 39.8 Å². The first-order valence-electron chi connectivity index (χ1n) is 5.18. The van der Waals surface area contributed by atoms with Crippen molar-refractivity contribution >= 4 is 5.97 Å². The molecule has 2 heteroatoms. The molecule has 2 nitrogen and oxygen atoms in total. The lowest BCUT2D eigenvalue weighted by atomic mass is 9.66. The first-order valence-corrected chi connectivity index (χ1v) is 5.18. The number of carboxylic acids is 1. The lowest BCUT2D eigenvalue weighted by Gasteiger charge is -2.40. The van der Waals surface area contributed by atoms with Crippen LogP contribution in [0.1, 0.15) is 40.5 Å². The molecule has 0 saturated heterocycles. The highest BCUT2D eigenvalue weighted by Gasteiger charge is 2.34. The maximum Gasteiger partial charge on any atom is 0.0451 e. The van der Waals surface area contributed by atoms with E-state index in [9.17, 15) is 9.90 Å². The molecule has 2 unspecified atom stereocenters. The molecule has 80 valence electrons. The van der Waals surface area contributed by atoms with Crippen LogP contribution in [0.5, 0.6) is 0 Å². The van der Waals surface area contributed by atoms with Crippen molar-refractivity contribution in [3.8, 4) is 0 Å². The van der Waals surface area contributed by atoms with E-state index in [0.717, 1.165) is 12.8 Å². The summed E-state index contributed by atoms with van der Waals surface area (Å²) in [6.45, 7) is 8.08. The highest BCUT2D eigenvalue weighted by molar-refractivity contribution is 5.68. The highest BCUT2D eigenvalue weighted by Crippen LogP contribution is 2.43. The van der Waals surface area contributed by atoms with E-state index in [1.807, 2.05) is 6.92 Å². The molecule has 2 atom stereocenters. The Balaban J connectivity index is 2.84. The molecule has 0 heterocycles. The molecule has 0 fully saturated rings. The zero-order chi connectivity index (χ0) is 11.0. The van der Waals surface area contributed by atoms with E-state index in [1.54, 1.807) is 6.92 Å². The van der Waals surface area contributed by atoms with E-state index >= 15 is 0 Å². The summed E-state index contributed by atoms with van der Waals surface area (Å²) in [4.78, 5) is 10.8. The number of carbonyl (C=O) groups excluding carboxylic acids is 1. The van der Waals surface area contributed by atoms with Crippen molar-refractivity contribution in [1.29, 1.82) is 0 Å². The molecule has 14 heavy (non-hydrogen) atoms. The first-order chi connectivity index (χ1) is 6.27. The van der Waals surface area contributed by atoms with Crippen LogP contribution >= 0.6 is 0 Å². The summed E-state index contributed by atoms with van der Waals surface area (Å²) in [7, 11) is 0. The molecule has 0 N–H and O–H groups in total. The summed E-state index contributed by atoms with van der Waals surface area (Å²) < 4.78 is 0. The van der Waals surface area contributed by atoms with E-state index in [2.05, 4.69) is 26.0 Å². The summed E-state index contributed by atoms with van der Waals surface area (Å²) >= 11 is 0. The minimum absolute atomic E-state index is 0.213. The van der Waals surface area contributed by atoms with Gasteiger partial charge in [0.15, 0.2) is 0 Å². The van der Waals surface area contributed by atoms with Crippen molar-refractivity contribution in [2.75, 3.05) is 0 Å². The molecule has 1 aliphatic rings. The van der Waals surface area contributed by atoms with Gasteiger partial charge in [-0.25, -0.2) is 0 Å². The van der Waals surface area contributed by atoms with E-state index in [4.69, 9.17) is 0 Å². The van der Waals surface area contributed by atoms with Crippen LogP contribution in [0.4, 0.5) is 0 Å². The second-order valence-corrected chi connectivity index (χ2v) is 5.37. The standard InChI is InChI=1S/C12H20O2/c1-9(10(13)14)12(4)7-5-11(2,3)6-8-12/h5,7,9H,6,8H2,1-4H3,(H,13,14)/p-1. The molecule has 0 aliphatic heterocycles. The third-order valence-corrected chi connectivity index (χ3v) is 3.57. The van der Waals surface area contributed by atoms with Crippen LogP contribution in [0.3, 0.4) is 0 Å². The third kappa shape index (κ3) is 2.17. The van der Waals surface area contributed by atoms with Gasteiger partial charge in [-0.05, 0) is 23.7 Å². The Morgan fingerprint density at radius 2 is 1.86 bits per heavy atom. The van der Waals surface area contributed by atoms with Crippen molar-refractivity contribution in [2.45, 2.75) is 40.5 Å². The van der Waals surface area contributed by atoms with Crippen LogP contribution in [0, 0.1) is 16.7 Å². The van der Waals surface area contributed by atoms with Crippen molar-refractivity contribution in [2.24, 2.45) is 16.7 Å². The quantitative estimate of drug-likeness (QED) is 0.630. The van der Waals surface area contributed by atoms with Crippen LogP contribution in [-0.4, -0.2) is 5.97 Å². The number of aliphatic carboxylic acids is 1. The van der Waals surface area contributed by atoms with Crippen LogP contribution in [-0.2, 0) is 4.79 Å². The summed E-state index contributed by atoms with van der Waals surface area (Å²) in [6.07, 6.45) is 6.15. The van der Waals surface area contributed by atoms with Crippen LogP contribution in [0.2, 0.25) is 0 Å². The maximum atomic E-state index is 10.8. The largest absolute Gasteiger partial charge is 0.550 e. The summed E-state index contributed by atoms with van der Waals surface area (Å²) in [5.74, 6) is -1.35. The fourth-order valence-corrected chi connectivity index (χ4v) is 1.80. The molecule has 1 rings (SSSR count). The molecular weight excluding hydrogens is 176 g/mol. The molecule has 1 aliphatic carbocycles. The highest BCUT2D eigenvalue weighted by atomic mass is 16.4. The van der Waals surface area contributed by atoms with Crippen molar-refractivity contribution in [1.82, 2.24) is 0 Å². The van der Waals surface area contributed by atoms with E-state index in [1.165, 1.54) is 0 Å². The molecule has 0 amide bonds. The number of carboxylic acid groups (broad SMARTS) is 1. The maximum absolute atomic E-state index is 10.8. The Morgan fingerprint density at radius 1 is 1.29 bits per heavy atom. The van der Waals surface area contributed by atoms with Gasteiger partial charge in [0, 0.05) is 11.9 Å². The Kier molecular flexibility index (Phi) is 2.75. The smallest absolute Gasteiger partial charge is 0.0451 e. The van der Waals surface area contributed by atoms with Crippen LogP contribution in [0.25, 0.3) is 0 Å². The second-order valence-electron chi connectivity index (χ2n) is 5.37. The molecular formula is C12H19O2-. The lowest BCUT2D eigenvalue weighted by Crippen LogP contribution is -2.40. The third-order valence-electron chi connectivity index (χ3n) is 3.57. The van der Waals surface area contributed by atoms with Crippen molar-refractivity contribution < 1.29 is 9.90 Å². The normalized spacial score (nSPS) is 32.6. The SMILES string of the molecule is CC(C(=O)[O-])C1(C)C=CC(C)(C)CC1. The number of rotatable bonds is 2. The average Bonchev–Trinajstić information content (AvgIpc) is 2.09. The van der Waals surface area contributed by atoms with Gasteiger partial charge >= 0.3 is 0 Å². The fraction of sp³-hybridized carbons (Fsp3) is 0.750. The predicted octanol–water partition coefficient (Wildman–Crippen LogP) is 1.75. The Hall–Kier alpha value is -0.790. The Morgan fingerprint density at radius 3 is 2.21 bits per heavy atom. The average molecular weight is 195 g/mol. The number of hydrogen-bond donors (Lipinski definition) is 0. The minimum atomic E-state index is -0.947. The molecule has 0 radical (unpaired) electrons. The Bertz CT molecular complexity index is 265. The summed E-state index contributed by atoms with van der Waals surface area (Å²) in [5.41, 5.74) is -0.0144. The van der Waals surface area contributed by atoms with Crippen molar-refractivity contribution in [3.05, 3.63) is 12.2 Å². The molecule has 0 saturated carbocycles. The topological polar surface area (TPSA) is 40.1 Å². The number of carbonyl (C=O) groups is 1. The van der Waals surface area contributed by atoms with Gasteiger partial charge in [0.25, 0.3) is 0 Å². The molecule has 0 aromatic rings. The molecule has 0 bridgehead atoms. The second kappa shape index (κ2) is 3.41. The first kappa shape index (κ1) is 11.3. The van der Waals surface area contributed by atoms with Gasteiger partial charge in [-0.2, -0.15) is 0 Å². The minimum Gasteiger partial charge on any atom is -0.550 e. The number of allylic oxidation sites excluding steroid dienone is 2. The molecule has 0 spiro atoms. The van der Waals surface area contributed by atoms with E-state index in [0.29, 0.717) is 0 Å². The monoisotopic (exact) mass is 195 g/mol. The molecule has 0 aromatic heterocycles. The van der Waals surface area contributed by atoms with E-state index < -0.39 is 11.9 Å². The van der Waals surface area contributed by atoms with Gasteiger partial charge < -0.3 is 9.90 Å². The van der Waals surface area contributed by atoms with Crippen molar-refractivity contribution in [3.63, 3.8) is 0 Å². The summed E-state index contributed by atoms with van der Waals surface area (Å²) in [6, 6.07) is 0. The predicted molar refractivity (Wildman–Crippen MR) is 54.4 cm³/mol. The van der Waals surface area contributed by atoms with Gasteiger partial charge in [-0.3, -0.25) is 0 Å². The van der Waals surface area contributed by atoms with Crippen LogP contribution < -0.4 is 5.11 Å².